The van der Waals surface area contributed by atoms with E-state index in [9.17, 15) is 4.39 Å². The number of rotatable bonds is 3. The molecule has 2 aromatic heterocycles. The van der Waals surface area contributed by atoms with Gasteiger partial charge in [0, 0.05) is 19.2 Å². The van der Waals surface area contributed by atoms with Crippen molar-refractivity contribution in [3.63, 3.8) is 0 Å². The molecule has 0 bridgehead atoms. The molecule has 0 radical (unpaired) electrons. The number of halogens is 1. The van der Waals surface area contributed by atoms with E-state index in [0.717, 1.165) is 18.0 Å². The minimum Gasteiger partial charge on any atom is -0.472 e. The predicted octanol–water partition coefficient (Wildman–Crippen LogP) is 1.85. The molecule has 0 unspecified atom stereocenters. The zero-order chi connectivity index (χ0) is 10.7. The Kier molecular flexibility index (Phi) is 2.62. The zero-order valence-electron chi connectivity index (χ0n) is 8.22. The normalized spacial score (nSPS) is 10.3. The van der Waals surface area contributed by atoms with Gasteiger partial charge in [0.2, 0.25) is 5.95 Å². The van der Waals surface area contributed by atoms with Crippen molar-refractivity contribution in [2.45, 2.75) is 6.54 Å². The molecule has 2 heterocycles. The molecule has 2 aromatic rings. The van der Waals surface area contributed by atoms with Gasteiger partial charge in [-0.2, -0.15) is 0 Å². The van der Waals surface area contributed by atoms with E-state index >= 15 is 0 Å². The van der Waals surface area contributed by atoms with Crippen LogP contribution in [0.2, 0.25) is 0 Å². The van der Waals surface area contributed by atoms with Crippen LogP contribution < -0.4 is 4.90 Å². The van der Waals surface area contributed by atoms with Crippen LogP contribution in [0.3, 0.4) is 0 Å². The van der Waals surface area contributed by atoms with Crippen LogP contribution in [0, 0.1) is 5.82 Å². The van der Waals surface area contributed by atoms with Gasteiger partial charge < -0.3 is 9.32 Å². The first-order valence-electron chi connectivity index (χ1n) is 4.45. The molecular formula is C10H10FN3O. The van der Waals surface area contributed by atoms with Crippen molar-refractivity contribution < 1.29 is 8.81 Å². The smallest absolute Gasteiger partial charge is 0.225 e. The second-order valence-electron chi connectivity index (χ2n) is 3.19. The zero-order valence-corrected chi connectivity index (χ0v) is 8.22. The fourth-order valence-electron chi connectivity index (χ4n) is 1.23. The molecule has 15 heavy (non-hydrogen) atoms. The standard InChI is InChI=1S/C10H10FN3O/c1-14(6-8-2-3-15-7-8)10-12-4-9(11)5-13-10/h2-5,7H,6H2,1H3. The van der Waals surface area contributed by atoms with Crippen LogP contribution in [-0.2, 0) is 6.54 Å². The SMILES string of the molecule is CN(Cc1ccoc1)c1ncc(F)cn1. The number of aromatic nitrogens is 2. The predicted molar refractivity (Wildman–Crippen MR) is 52.8 cm³/mol. The average Bonchev–Trinajstić information content (AvgIpc) is 2.71. The van der Waals surface area contributed by atoms with Gasteiger partial charge >= 0.3 is 0 Å². The molecule has 0 aromatic carbocycles. The summed E-state index contributed by atoms with van der Waals surface area (Å²) < 4.78 is 17.5. The molecule has 2 rings (SSSR count). The molecule has 78 valence electrons. The lowest BCUT2D eigenvalue weighted by Crippen LogP contribution is -2.18. The van der Waals surface area contributed by atoms with E-state index in [1.807, 2.05) is 18.0 Å². The highest BCUT2D eigenvalue weighted by atomic mass is 19.1. The van der Waals surface area contributed by atoms with Crippen LogP contribution in [0.15, 0.2) is 35.4 Å². The topological polar surface area (TPSA) is 42.2 Å². The van der Waals surface area contributed by atoms with Gasteiger partial charge in [-0.15, -0.1) is 0 Å². The van der Waals surface area contributed by atoms with Gasteiger partial charge in [0.1, 0.15) is 0 Å². The van der Waals surface area contributed by atoms with Crippen molar-refractivity contribution in [2.75, 3.05) is 11.9 Å². The number of nitrogens with zero attached hydrogens (tertiary/aromatic N) is 3. The molecule has 0 aliphatic carbocycles. The highest BCUT2D eigenvalue weighted by Crippen LogP contribution is 2.09. The molecule has 5 heteroatoms. The Morgan fingerprint density at radius 3 is 2.73 bits per heavy atom. The summed E-state index contributed by atoms with van der Waals surface area (Å²) in [7, 11) is 1.83. The first-order valence-corrected chi connectivity index (χ1v) is 4.45. The summed E-state index contributed by atoms with van der Waals surface area (Å²) in [6.45, 7) is 0.627. The van der Waals surface area contributed by atoms with Crippen LogP contribution in [-0.4, -0.2) is 17.0 Å². The Balaban J connectivity index is 2.08. The maximum atomic E-state index is 12.6. The lowest BCUT2D eigenvalue weighted by molar-refractivity contribution is 0.563. The summed E-state index contributed by atoms with van der Waals surface area (Å²) in [5.74, 6) is 0.0491. The molecular weight excluding hydrogens is 197 g/mol. The van der Waals surface area contributed by atoms with Gasteiger partial charge in [-0.25, -0.2) is 14.4 Å². The number of anilines is 1. The summed E-state index contributed by atoms with van der Waals surface area (Å²) >= 11 is 0. The summed E-state index contributed by atoms with van der Waals surface area (Å²) in [5, 5.41) is 0. The highest BCUT2D eigenvalue weighted by molar-refractivity contribution is 5.28. The van der Waals surface area contributed by atoms with Gasteiger partial charge in [0.25, 0.3) is 0 Å². The first-order chi connectivity index (χ1) is 7.25. The summed E-state index contributed by atoms with van der Waals surface area (Å²) in [5.41, 5.74) is 1.02. The van der Waals surface area contributed by atoms with Crippen LogP contribution in [0.5, 0.6) is 0 Å². The van der Waals surface area contributed by atoms with E-state index < -0.39 is 5.82 Å². The third-order valence-electron chi connectivity index (χ3n) is 1.95. The highest BCUT2D eigenvalue weighted by Gasteiger charge is 2.05. The third kappa shape index (κ3) is 2.31. The maximum absolute atomic E-state index is 12.6. The minimum atomic E-state index is -0.435. The van der Waals surface area contributed by atoms with Crippen molar-refractivity contribution in [3.8, 4) is 0 Å². The minimum absolute atomic E-state index is 0.435. The Morgan fingerprint density at radius 1 is 1.40 bits per heavy atom. The Morgan fingerprint density at radius 2 is 2.13 bits per heavy atom. The van der Waals surface area contributed by atoms with Gasteiger partial charge in [0.05, 0.1) is 24.9 Å². The Hall–Kier alpha value is -1.91. The lowest BCUT2D eigenvalue weighted by Gasteiger charge is -2.14. The average molecular weight is 207 g/mol. The van der Waals surface area contributed by atoms with Crippen molar-refractivity contribution in [1.82, 2.24) is 9.97 Å². The van der Waals surface area contributed by atoms with Crippen molar-refractivity contribution in [2.24, 2.45) is 0 Å². The van der Waals surface area contributed by atoms with E-state index in [0.29, 0.717) is 12.5 Å². The number of hydrogen-bond donors (Lipinski definition) is 0. The van der Waals surface area contributed by atoms with E-state index in [-0.39, 0.29) is 0 Å². The second kappa shape index (κ2) is 4.08. The third-order valence-corrected chi connectivity index (χ3v) is 1.95. The van der Waals surface area contributed by atoms with Crippen LogP contribution in [0.1, 0.15) is 5.56 Å². The Labute approximate surface area is 86.4 Å². The molecule has 0 fully saturated rings. The quantitative estimate of drug-likeness (QED) is 0.770. The van der Waals surface area contributed by atoms with Crippen LogP contribution >= 0.6 is 0 Å². The van der Waals surface area contributed by atoms with Crippen molar-refractivity contribution in [1.29, 1.82) is 0 Å². The maximum Gasteiger partial charge on any atom is 0.225 e. The fourth-order valence-corrected chi connectivity index (χ4v) is 1.23. The molecule has 0 amide bonds. The molecule has 0 N–H and O–H groups in total. The summed E-state index contributed by atoms with van der Waals surface area (Å²) in [6, 6.07) is 1.86. The molecule has 4 nitrogen and oxygen atoms in total. The molecule has 0 aliphatic rings. The molecule has 0 saturated heterocycles. The van der Waals surface area contributed by atoms with Gasteiger partial charge in [-0.05, 0) is 6.07 Å². The van der Waals surface area contributed by atoms with E-state index in [1.54, 1.807) is 12.5 Å². The molecule has 0 spiro atoms. The largest absolute Gasteiger partial charge is 0.472 e. The molecule has 0 atom stereocenters. The first kappa shape index (κ1) is 9.64. The van der Waals surface area contributed by atoms with E-state index in [2.05, 4.69) is 9.97 Å². The molecule has 0 saturated carbocycles. The van der Waals surface area contributed by atoms with Crippen LogP contribution in [0.4, 0.5) is 10.3 Å². The van der Waals surface area contributed by atoms with Gasteiger partial charge in [-0.1, -0.05) is 0 Å². The van der Waals surface area contributed by atoms with Crippen molar-refractivity contribution >= 4 is 5.95 Å². The Bertz CT molecular complexity index is 413. The van der Waals surface area contributed by atoms with Gasteiger partial charge in [0.15, 0.2) is 5.82 Å². The van der Waals surface area contributed by atoms with Crippen molar-refractivity contribution in [3.05, 3.63) is 42.4 Å². The van der Waals surface area contributed by atoms with E-state index in [4.69, 9.17) is 4.42 Å². The monoisotopic (exact) mass is 207 g/mol. The number of furan rings is 1. The summed E-state index contributed by atoms with van der Waals surface area (Å²) in [6.07, 6.45) is 5.55. The van der Waals surface area contributed by atoms with E-state index in [1.165, 1.54) is 0 Å². The summed E-state index contributed by atoms with van der Waals surface area (Å²) in [4.78, 5) is 9.55. The molecule has 0 aliphatic heterocycles. The fraction of sp³-hybridized carbons (Fsp3) is 0.200. The lowest BCUT2D eigenvalue weighted by atomic mass is 10.3. The number of hydrogen-bond acceptors (Lipinski definition) is 4. The van der Waals surface area contributed by atoms with Crippen LogP contribution in [0.25, 0.3) is 0 Å². The van der Waals surface area contributed by atoms with Gasteiger partial charge in [-0.3, -0.25) is 0 Å². The second-order valence-corrected chi connectivity index (χ2v) is 3.19.